The van der Waals surface area contributed by atoms with E-state index in [4.69, 9.17) is 4.74 Å². The summed E-state index contributed by atoms with van der Waals surface area (Å²) in [4.78, 5) is 21.1. The van der Waals surface area contributed by atoms with Crippen molar-refractivity contribution in [2.75, 3.05) is 45.2 Å². The molecule has 180 valence electrons. The number of methoxy groups -OCH3 is 1. The zero-order valence-corrected chi connectivity index (χ0v) is 22.0. The van der Waals surface area contributed by atoms with E-state index in [0.29, 0.717) is 13.1 Å². The lowest BCUT2D eigenvalue weighted by molar-refractivity contribution is 0.372. The molecular weight excluding hydrogens is 541 g/mol. The van der Waals surface area contributed by atoms with Crippen LogP contribution in [0.3, 0.4) is 0 Å². The number of halogens is 1. The first-order valence-corrected chi connectivity index (χ1v) is 11.2. The fraction of sp³-hybridized carbons (Fsp3) is 0.308. The van der Waals surface area contributed by atoms with Crippen LogP contribution in [0.1, 0.15) is 11.1 Å². The molecule has 1 N–H and O–H groups in total. The van der Waals surface area contributed by atoms with Gasteiger partial charge in [-0.1, -0.05) is 36.4 Å². The number of aliphatic imine (C=N–C) groups is 1. The standard InChI is InChI=1S/C26H31N5O2.HI/c1-27-26(30-16-14-29(15-17-30)23-6-5-7-24(18-23)33-2)28-19-21-9-11-22(12-10-21)20-31-13-4-3-8-25(31)32;/h3-13,18H,14-17,19-20H2,1-2H3,(H,27,28);1H. The molecule has 7 nitrogen and oxygen atoms in total. The Hall–Kier alpha value is -3.01. The van der Waals surface area contributed by atoms with Crippen molar-refractivity contribution in [2.24, 2.45) is 4.99 Å². The third-order valence-electron chi connectivity index (χ3n) is 5.93. The number of pyridine rings is 1. The van der Waals surface area contributed by atoms with Crippen LogP contribution in [0.4, 0.5) is 5.69 Å². The maximum absolute atomic E-state index is 11.9. The van der Waals surface area contributed by atoms with Crippen molar-refractivity contribution in [2.45, 2.75) is 13.1 Å². The molecule has 1 aliphatic heterocycles. The van der Waals surface area contributed by atoms with Gasteiger partial charge in [-0.05, 0) is 29.3 Å². The predicted octanol–water partition coefficient (Wildman–Crippen LogP) is 3.42. The highest BCUT2D eigenvalue weighted by atomic mass is 127. The molecule has 1 saturated heterocycles. The van der Waals surface area contributed by atoms with Gasteiger partial charge in [0.05, 0.1) is 13.7 Å². The molecule has 0 amide bonds. The smallest absolute Gasteiger partial charge is 0.250 e. The molecule has 2 aromatic carbocycles. The normalized spacial score (nSPS) is 13.9. The fourth-order valence-corrected chi connectivity index (χ4v) is 4.05. The number of nitrogens with zero attached hydrogens (tertiary/aromatic N) is 4. The van der Waals surface area contributed by atoms with Crippen molar-refractivity contribution in [1.82, 2.24) is 14.8 Å². The largest absolute Gasteiger partial charge is 0.497 e. The number of guanidine groups is 1. The summed E-state index contributed by atoms with van der Waals surface area (Å²) in [6.07, 6.45) is 1.82. The highest BCUT2D eigenvalue weighted by Crippen LogP contribution is 2.22. The van der Waals surface area contributed by atoms with Gasteiger partial charge in [-0.15, -0.1) is 24.0 Å². The topological polar surface area (TPSA) is 62.1 Å². The molecule has 0 radical (unpaired) electrons. The minimum Gasteiger partial charge on any atom is -0.497 e. The molecule has 1 fully saturated rings. The van der Waals surface area contributed by atoms with Crippen molar-refractivity contribution < 1.29 is 4.74 Å². The van der Waals surface area contributed by atoms with Gasteiger partial charge in [0, 0.05) is 63.8 Å². The molecule has 0 saturated carbocycles. The van der Waals surface area contributed by atoms with Gasteiger partial charge in [-0.2, -0.15) is 0 Å². The number of hydrogen-bond acceptors (Lipinski definition) is 4. The van der Waals surface area contributed by atoms with Gasteiger partial charge in [0.25, 0.3) is 5.56 Å². The molecule has 0 aliphatic carbocycles. The Kier molecular flexibility index (Phi) is 9.38. The Morgan fingerprint density at radius 1 is 0.971 bits per heavy atom. The first-order chi connectivity index (χ1) is 16.2. The highest BCUT2D eigenvalue weighted by molar-refractivity contribution is 14.0. The minimum atomic E-state index is 0. The van der Waals surface area contributed by atoms with Gasteiger partial charge in [0.15, 0.2) is 5.96 Å². The van der Waals surface area contributed by atoms with Gasteiger partial charge in [-0.3, -0.25) is 9.79 Å². The average molecular weight is 573 g/mol. The van der Waals surface area contributed by atoms with Crippen LogP contribution in [0.25, 0.3) is 0 Å². The van der Waals surface area contributed by atoms with Crippen molar-refractivity contribution in [3.05, 3.63) is 94.4 Å². The van der Waals surface area contributed by atoms with E-state index in [1.807, 2.05) is 31.4 Å². The van der Waals surface area contributed by atoms with E-state index in [-0.39, 0.29) is 29.5 Å². The number of aromatic nitrogens is 1. The number of ether oxygens (including phenoxy) is 1. The van der Waals surface area contributed by atoms with Crippen LogP contribution in [0, 0.1) is 0 Å². The molecule has 2 heterocycles. The van der Waals surface area contributed by atoms with Gasteiger partial charge < -0.3 is 24.4 Å². The summed E-state index contributed by atoms with van der Waals surface area (Å²) in [6, 6.07) is 21.8. The van der Waals surface area contributed by atoms with Gasteiger partial charge >= 0.3 is 0 Å². The van der Waals surface area contributed by atoms with E-state index in [9.17, 15) is 4.79 Å². The molecule has 34 heavy (non-hydrogen) atoms. The third kappa shape index (κ3) is 6.53. The Labute approximate surface area is 218 Å². The number of benzene rings is 2. The molecule has 1 aromatic heterocycles. The second-order valence-corrected chi connectivity index (χ2v) is 8.06. The summed E-state index contributed by atoms with van der Waals surface area (Å²) in [5.41, 5.74) is 3.48. The fourth-order valence-electron chi connectivity index (χ4n) is 4.05. The van der Waals surface area contributed by atoms with E-state index in [0.717, 1.165) is 43.5 Å². The van der Waals surface area contributed by atoms with Crippen LogP contribution in [0.5, 0.6) is 5.75 Å². The maximum atomic E-state index is 11.9. The Morgan fingerprint density at radius 2 is 1.71 bits per heavy atom. The lowest BCUT2D eigenvalue weighted by Gasteiger charge is -2.37. The number of nitrogens with one attached hydrogen (secondary N) is 1. The van der Waals surface area contributed by atoms with Crippen LogP contribution in [0.15, 0.2) is 82.7 Å². The van der Waals surface area contributed by atoms with Crippen LogP contribution in [0.2, 0.25) is 0 Å². The second-order valence-electron chi connectivity index (χ2n) is 8.06. The quantitative estimate of drug-likeness (QED) is 0.278. The summed E-state index contributed by atoms with van der Waals surface area (Å²) < 4.78 is 7.07. The van der Waals surface area contributed by atoms with Crippen LogP contribution < -0.4 is 20.5 Å². The monoisotopic (exact) mass is 573 g/mol. The van der Waals surface area contributed by atoms with Crippen molar-refractivity contribution in [3.8, 4) is 5.75 Å². The van der Waals surface area contributed by atoms with E-state index in [1.54, 1.807) is 23.8 Å². The number of rotatable bonds is 6. The van der Waals surface area contributed by atoms with E-state index < -0.39 is 0 Å². The van der Waals surface area contributed by atoms with Crippen LogP contribution >= 0.6 is 24.0 Å². The molecule has 3 aromatic rings. The molecule has 4 rings (SSSR count). The summed E-state index contributed by atoms with van der Waals surface area (Å²) >= 11 is 0. The predicted molar refractivity (Wildman–Crippen MR) is 149 cm³/mol. The highest BCUT2D eigenvalue weighted by Gasteiger charge is 2.20. The molecule has 0 spiro atoms. The zero-order valence-electron chi connectivity index (χ0n) is 19.7. The summed E-state index contributed by atoms with van der Waals surface area (Å²) in [5, 5.41) is 3.49. The molecule has 8 heteroatoms. The molecule has 0 unspecified atom stereocenters. The first kappa shape index (κ1) is 25.6. The van der Waals surface area contributed by atoms with Crippen LogP contribution in [-0.2, 0) is 13.1 Å². The average Bonchev–Trinajstić information content (AvgIpc) is 2.87. The molecular formula is C26H32IN5O2. The van der Waals surface area contributed by atoms with Crippen molar-refractivity contribution >= 4 is 35.6 Å². The van der Waals surface area contributed by atoms with Gasteiger partial charge in [0.1, 0.15) is 5.75 Å². The van der Waals surface area contributed by atoms with Crippen LogP contribution in [-0.4, -0.2) is 55.8 Å². The van der Waals surface area contributed by atoms with Gasteiger partial charge in [-0.25, -0.2) is 0 Å². The first-order valence-electron chi connectivity index (χ1n) is 11.2. The summed E-state index contributed by atoms with van der Waals surface area (Å²) in [5.74, 6) is 1.80. The van der Waals surface area contributed by atoms with E-state index in [1.165, 1.54) is 11.3 Å². The van der Waals surface area contributed by atoms with E-state index >= 15 is 0 Å². The minimum absolute atomic E-state index is 0. The SMILES string of the molecule is CN=C(NCc1ccc(Cn2ccccc2=O)cc1)N1CCN(c2cccc(OC)c2)CC1.I. The lowest BCUT2D eigenvalue weighted by atomic mass is 10.1. The Bertz CT molecular complexity index is 1140. The Morgan fingerprint density at radius 3 is 2.38 bits per heavy atom. The number of anilines is 1. The maximum Gasteiger partial charge on any atom is 0.250 e. The number of hydrogen-bond donors (Lipinski definition) is 1. The molecule has 0 bridgehead atoms. The number of piperazine rings is 1. The zero-order chi connectivity index (χ0) is 23.0. The van der Waals surface area contributed by atoms with Crippen molar-refractivity contribution in [3.63, 3.8) is 0 Å². The molecule has 1 aliphatic rings. The Balaban J connectivity index is 0.00000324. The lowest BCUT2D eigenvalue weighted by Crippen LogP contribution is -2.52. The summed E-state index contributed by atoms with van der Waals surface area (Å²) in [6.45, 7) is 4.95. The summed E-state index contributed by atoms with van der Waals surface area (Å²) in [7, 11) is 3.53. The van der Waals surface area contributed by atoms with Gasteiger partial charge in [0.2, 0.25) is 0 Å². The third-order valence-corrected chi connectivity index (χ3v) is 5.93. The second kappa shape index (κ2) is 12.5. The van der Waals surface area contributed by atoms with Crippen molar-refractivity contribution in [1.29, 1.82) is 0 Å². The molecule has 0 atom stereocenters. The van der Waals surface area contributed by atoms with E-state index in [2.05, 4.69) is 56.5 Å².